The van der Waals surface area contributed by atoms with E-state index in [2.05, 4.69) is 12.2 Å². The lowest BCUT2D eigenvalue weighted by Gasteiger charge is -2.08. The molecule has 0 aliphatic heterocycles. The summed E-state index contributed by atoms with van der Waals surface area (Å²) in [4.78, 5) is 0. The van der Waals surface area contributed by atoms with Crippen LogP contribution in [0.2, 0.25) is 10.0 Å². The van der Waals surface area contributed by atoms with Crippen molar-refractivity contribution in [2.45, 2.75) is 58.3 Å². The number of benzene rings is 1. The van der Waals surface area contributed by atoms with E-state index in [1.807, 2.05) is 0 Å². The molecule has 1 N–H and O–H groups in total. The van der Waals surface area contributed by atoms with Gasteiger partial charge in [0.1, 0.15) is 0 Å². The minimum absolute atomic E-state index is 0.0657. The average Bonchev–Trinajstić information content (AvgIpc) is 2.43. The van der Waals surface area contributed by atoms with E-state index < -0.39 is 5.82 Å². The zero-order valence-corrected chi connectivity index (χ0v) is 13.7. The van der Waals surface area contributed by atoms with Crippen LogP contribution in [-0.2, 0) is 0 Å². The van der Waals surface area contributed by atoms with Crippen LogP contribution in [0.4, 0.5) is 10.1 Å². The fourth-order valence-corrected chi connectivity index (χ4v) is 2.64. The Hall–Kier alpha value is -0.470. The number of nitrogens with one attached hydrogen (secondary N) is 1. The van der Waals surface area contributed by atoms with Crippen LogP contribution in [0, 0.1) is 5.82 Å². The molecule has 0 bridgehead atoms. The van der Waals surface area contributed by atoms with Gasteiger partial charge < -0.3 is 5.32 Å². The molecule has 0 aromatic heterocycles. The van der Waals surface area contributed by atoms with Gasteiger partial charge in [-0.25, -0.2) is 4.39 Å². The van der Waals surface area contributed by atoms with Crippen LogP contribution in [0.15, 0.2) is 12.1 Å². The molecule has 1 aromatic carbocycles. The summed E-state index contributed by atoms with van der Waals surface area (Å²) in [6, 6.07) is 3.15. The quantitative estimate of drug-likeness (QED) is 0.374. The van der Waals surface area contributed by atoms with Gasteiger partial charge in [-0.15, -0.1) is 0 Å². The van der Waals surface area contributed by atoms with E-state index in [1.54, 1.807) is 12.1 Å². The van der Waals surface area contributed by atoms with Gasteiger partial charge in [-0.05, 0) is 18.6 Å². The van der Waals surface area contributed by atoms with E-state index in [-0.39, 0.29) is 10.0 Å². The van der Waals surface area contributed by atoms with Crippen LogP contribution in [0.25, 0.3) is 0 Å². The highest BCUT2D eigenvalue weighted by Gasteiger charge is 2.06. The van der Waals surface area contributed by atoms with Crippen LogP contribution in [0.5, 0.6) is 0 Å². The van der Waals surface area contributed by atoms with E-state index in [0.29, 0.717) is 0 Å². The molecule has 0 radical (unpaired) electrons. The summed E-state index contributed by atoms with van der Waals surface area (Å²) in [6.07, 6.45) is 10.3. The van der Waals surface area contributed by atoms with Crippen molar-refractivity contribution in [3.63, 3.8) is 0 Å². The third-order valence-electron chi connectivity index (χ3n) is 3.34. The molecular formula is C16H24Cl2FN. The fraction of sp³-hybridized carbons (Fsp3) is 0.625. The van der Waals surface area contributed by atoms with Crippen molar-refractivity contribution in [1.82, 2.24) is 0 Å². The first-order valence-electron chi connectivity index (χ1n) is 7.53. The van der Waals surface area contributed by atoms with E-state index in [1.165, 1.54) is 44.9 Å². The Morgan fingerprint density at radius 1 is 0.900 bits per heavy atom. The third-order valence-corrected chi connectivity index (χ3v) is 3.89. The molecule has 0 saturated carbocycles. The molecule has 20 heavy (non-hydrogen) atoms. The topological polar surface area (TPSA) is 12.0 Å². The van der Waals surface area contributed by atoms with Crippen LogP contribution in [0.1, 0.15) is 58.3 Å². The largest absolute Gasteiger partial charge is 0.385 e. The number of unbranched alkanes of at least 4 members (excludes halogenated alkanes) is 7. The van der Waals surface area contributed by atoms with Crippen molar-refractivity contribution in [3.05, 3.63) is 28.0 Å². The van der Waals surface area contributed by atoms with Crippen LogP contribution < -0.4 is 5.32 Å². The lowest BCUT2D eigenvalue weighted by atomic mass is 10.1. The minimum atomic E-state index is -0.550. The van der Waals surface area contributed by atoms with Gasteiger partial charge in [-0.1, -0.05) is 75.1 Å². The monoisotopic (exact) mass is 319 g/mol. The summed E-state index contributed by atoms with van der Waals surface area (Å²) in [6.45, 7) is 3.10. The van der Waals surface area contributed by atoms with Gasteiger partial charge in [-0.3, -0.25) is 0 Å². The molecule has 0 spiro atoms. The van der Waals surface area contributed by atoms with Crippen molar-refractivity contribution in [2.24, 2.45) is 0 Å². The van der Waals surface area contributed by atoms with E-state index in [4.69, 9.17) is 23.2 Å². The second kappa shape index (κ2) is 10.3. The molecule has 1 rings (SSSR count). The fourth-order valence-electron chi connectivity index (χ4n) is 2.15. The summed E-state index contributed by atoms with van der Waals surface area (Å²) in [7, 11) is 0. The first kappa shape index (κ1) is 17.6. The number of hydrogen-bond donors (Lipinski definition) is 1. The van der Waals surface area contributed by atoms with Gasteiger partial charge in [0.25, 0.3) is 0 Å². The van der Waals surface area contributed by atoms with Crippen LogP contribution in [-0.4, -0.2) is 6.54 Å². The van der Waals surface area contributed by atoms with Crippen LogP contribution in [0.3, 0.4) is 0 Å². The Morgan fingerprint density at radius 3 is 1.95 bits per heavy atom. The summed E-state index contributed by atoms with van der Waals surface area (Å²) in [5, 5.41) is 3.36. The Bertz CT molecular complexity index is 373. The van der Waals surface area contributed by atoms with Gasteiger partial charge in [0.05, 0.1) is 10.0 Å². The first-order chi connectivity index (χ1) is 9.65. The van der Waals surface area contributed by atoms with Crippen molar-refractivity contribution in [1.29, 1.82) is 0 Å². The molecule has 0 saturated heterocycles. The molecule has 4 heteroatoms. The maximum absolute atomic E-state index is 13.2. The number of hydrogen-bond acceptors (Lipinski definition) is 1. The molecule has 0 aliphatic carbocycles. The Labute approximate surface area is 131 Å². The molecule has 1 aromatic rings. The third kappa shape index (κ3) is 6.81. The minimum Gasteiger partial charge on any atom is -0.385 e. The molecule has 0 unspecified atom stereocenters. The second-order valence-electron chi connectivity index (χ2n) is 5.16. The maximum Gasteiger partial charge on any atom is 0.160 e. The molecule has 0 atom stereocenters. The Morgan fingerprint density at radius 2 is 1.40 bits per heavy atom. The molecule has 0 heterocycles. The van der Waals surface area contributed by atoms with Gasteiger partial charge in [0.2, 0.25) is 0 Å². The smallest absolute Gasteiger partial charge is 0.160 e. The predicted molar refractivity (Wildman–Crippen MR) is 87.5 cm³/mol. The first-order valence-corrected chi connectivity index (χ1v) is 8.29. The van der Waals surface area contributed by atoms with Crippen molar-refractivity contribution in [3.8, 4) is 0 Å². The SMILES string of the molecule is CCCCCCCCCCNc1cc(Cl)c(F)c(Cl)c1. The lowest BCUT2D eigenvalue weighted by Crippen LogP contribution is -2.01. The molecule has 0 fully saturated rings. The standard InChI is InChI=1S/C16H24Cl2FN/c1-2-3-4-5-6-7-8-9-10-20-13-11-14(17)16(19)15(18)12-13/h11-12,20H,2-10H2,1H3. The summed E-state index contributed by atoms with van der Waals surface area (Å²) in [5.41, 5.74) is 0.782. The van der Waals surface area contributed by atoms with Gasteiger partial charge in [0, 0.05) is 12.2 Å². The summed E-state index contributed by atoms with van der Waals surface area (Å²) < 4.78 is 13.2. The van der Waals surface area contributed by atoms with Gasteiger partial charge >= 0.3 is 0 Å². The zero-order chi connectivity index (χ0) is 14.8. The lowest BCUT2D eigenvalue weighted by molar-refractivity contribution is 0.581. The number of halogens is 3. The van der Waals surface area contributed by atoms with E-state index in [0.717, 1.165) is 18.7 Å². The van der Waals surface area contributed by atoms with Gasteiger partial charge in [0.15, 0.2) is 5.82 Å². The molecule has 0 aliphatic rings. The number of rotatable bonds is 10. The molecule has 0 amide bonds. The van der Waals surface area contributed by atoms with E-state index in [9.17, 15) is 4.39 Å². The van der Waals surface area contributed by atoms with Crippen LogP contribution >= 0.6 is 23.2 Å². The zero-order valence-electron chi connectivity index (χ0n) is 12.2. The van der Waals surface area contributed by atoms with Crippen molar-refractivity contribution in [2.75, 3.05) is 11.9 Å². The average molecular weight is 320 g/mol. The van der Waals surface area contributed by atoms with Crippen molar-refractivity contribution < 1.29 is 4.39 Å². The highest BCUT2D eigenvalue weighted by Crippen LogP contribution is 2.27. The maximum atomic E-state index is 13.2. The predicted octanol–water partition coefficient (Wildman–Crippen LogP) is 6.69. The number of anilines is 1. The Kier molecular flexibility index (Phi) is 9.04. The second-order valence-corrected chi connectivity index (χ2v) is 5.97. The Balaban J connectivity index is 2.10. The van der Waals surface area contributed by atoms with E-state index >= 15 is 0 Å². The highest BCUT2D eigenvalue weighted by atomic mass is 35.5. The van der Waals surface area contributed by atoms with Gasteiger partial charge in [-0.2, -0.15) is 0 Å². The molecule has 1 nitrogen and oxygen atoms in total. The summed E-state index contributed by atoms with van der Waals surface area (Å²) in [5.74, 6) is -0.550. The highest BCUT2D eigenvalue weighted by molar-refractivity contribution is 6.35. The van der Waals surface area contributed by atoms with Crippen molar-refractivity contribution >= 4 is 28.9 Å². The normalized spacial score (nSPS) is 10.8. The molecule has 114 valence electrons. The molecular weight excluding hydrogens is 296 g/mol. The summed E-state index contributed by atoms with van der Waals surface area (Å²) >= 11 is 11.5.